The molecule has 0 saturated carbocycles. The summed E-state index contributed by atoms with van der Waals surface area (Å²) in [7, 11) is 0. The molecule has 0 bridgehead atoms. The normalized spacial score (nSPS) is 17.6. The molecular weight excluding hydrogens is 408 g/mol. The van der Waals surface area contributed by atoms with E-state index in [9.17, 15) is 0 Å². The molecule has 0 unspecified atom stereocenters. The van der Waals surface area contributed by atoms with Crippen LogP contribution in [-0.2, 0) is 19.6 Å². The van der Waals surface area contributed by atoms with Crippen LogP contribution in [0.15, 0.2) is 54.9 Å². The van der Waals surface area contributed by atoms with Crippen LogP contribution in [0.3, 0.4) is 0 Å². The van der Waals surface area contributed by atoms with E-state index in [4.69, 9.17) is 17.4 Å². The van der Waals surface area contributed by atoms with Gasteiger partial charge in [0.1, 0.15) is 12.1 Å². The van der Waals surface area contributed by atoms with Crippen LogP contribution in [0, 0.1) is 0 Å². The van der Waals surface area contributed by atoms with Crippen molar-refractivity contribution < 1.29 is 0 Å². The summed E-state index contributed by atoms with van der Waals surface area (Å²) in [4.78, 5) is 13.8. The summed E-state index contributed by atoms with van der Waals surface area (Å²) in [6, 6.07) is 17.4. The van der Waals surface area contributed by atoms with E-state index in [-0.39, 0.29) is 0 Å². The van der Waals surface area contributed by atoms with Crippen molar-refractivity contribution in [3.63, 3.8) is 0 Å². The smallest absolute Gasteiger partial charge is 0.148 e. The molecule has 2 aliphatic heterocycles. The monoisotopic (exact) mass is 434 g/mol. The van der Waals surface area contributed by atoms with Crippen molar-refractivity contribution in [1.29, 1.82) is 0 Å². The zero-order valence-electron chi connectivity index (χ0n) is 17.5. The number of benzene rings is 2. The number of nitrogens with zero attached hydrogens (tertiary/aromatic N) is 4. The Balaban J connectivity index is 1.22. The van der Waals surface area contributed by atoms with Crippen molar-refractivity contribution in [3.05, 3.63) is 76.7 Å². The highest BCUT2D eigenvalue weighted by Gasteiger charge is 2.31. The van der Waals surface area contributed by atoms with Gasteiger partial charge in [-0.05, 0) is 54.8 Å². The highest BCUT2D eigenvalue weighted by atomic mass is 35.5. The Bertz CT molecular complexity index is 1050. The fraction of sp³-hybridized carbons (Fsp3) is 0.333. The van der Waals surface area contributed by atoms with E-state index in [1.54, 1.807) is 6.33 Å². The molecule has 6 nitrogen and oxygen atoms in total. The van der Waals surface area contributed by atoms with Crippen LogP contribution in [0.2, 0.25) is 5.02 Å². The molecule has 3 N–H and O–H groups in total. The predicted octanol–water partition coefficient (Wildman–Crippen LogP) is 4.06. The van der Waals surface area contributed by atoms with E-state index in [1.807, 2.05) is 12.1 Å². The number of nitrogens with two attached hydrogens (primary N) is 1. The van der Waals surface area contributed by atoms with Crippen molar-refractivity contribution in [3.8, 4) is 11.1 Å². The molecule has 160 valence electrons. The Kier molecular flexibility index (Phi) is 5.87. The van der Waals surface area contributed by atoms with Gasteiger partial charge in [-0.2, -0.15) is 0 Å². The van der Waals surface area contributed by atoms with Crippen LogP contribution in [0.5, 0.6) is 0 Å². The predicted molar refractivity (Wildman–Crippen MR) is 124 cm³/mol. The second kappa shape index (κ2) is 8.93. The topological polar surface area (TPSA) is 70.3 Å². The lowest BCUT2D eigenvalue weighted by Gasteiger charge is -2.36. The molecule has 1 fully saturated rings. The van der Waals surface area contributed by atoms with Crippen molar-refractivity contribution in [2.24, 2.45) is 5.84 Å². The first-order valence-corrected chi connectivity index (χ1v) is 11.2. The third-order valence-electron chi connectivity index (χ3n) is 6.53. The number of rotatable bonds is 5. The van der Waals surface area contributed by atoms with Gasteiger partial charge in [0.2, 0.25) is 0 Å². The number of anilines is 1. The largest absolute Gasteiger partial charge is 0.308 e. The van der Waals surface area contributed by atoms with Gasteiger partial charge in [-0.25, -0.2) is 15.8 Å². The highest BCUT2D eigenvalue weighted by Crippen LogP contribution is 2.31. The van der Waals surface area contributed by atoms with Crippen molar-refractivity contribution >= 4 is 17.4 Å². The van der Waals surface area contributed by atoms with Gasteiger partial charge in [-0.1, -0.05) is 48.0 Å². The quantitative estimate of drug-likeness (QED) is 0.466. The molecule has 2 aliphatic rings. The van der Waals surface area contributed by atoms with Gasteiger partial charge in [-0.3, -0.25) is 9.80 Å². The number of hydrogen-bond donors (Lipinski definition) is 2. The number of nitrogens with one attached hydrogen (secondary N) is 1. The first-order chi connectivity index (χ1) is 15.2. The van der Waals surface area contributed by atoms with Crippen LogP contribution in [0.4, 0.5) is 5.82 Å². The summed E-state index contributed by atoms with van der Waals surface area (Å²) in [6.45, 7) is 4.93. The lowest BCUT2D eigenvalue weighted by molar-refractivity contribution is 0.103. The standard InChI is InChI=1S/C24H27ClN6/c25-19-7-5-17(6-8-19)21-4-2-1-3-18(21)13-30-11-9-20(10-12-30)31-14-22-23(15-31)27-16-28-24(22)29-26/h1-8,16,20H,9-15,26H2,(H,27,28,29). The van der Waals surface area contributed by atoms with E-state index >= 15 is 0 Å². The molecule has 3 aromatic rings. The summed E-state index contributed by atoms with van der Waals surface area (Å²) in [6.07, 6.45) is 3.92. The second-order valence-corrected chi connectivity index (χ2v) is 8.80. The Morgan fingerprint density at radius 2 is 1.77 bits per heavy atom. The van der Waals surface area contributed by atoms with Crippen LogP contribution in [-0.4, -0.2) is 38.9 Å². The van der Waals surface area contributed by atoms with Crippen molar-refractivity contribution in [2.45, 2.75) is 38.5 Å². The number of fused-ring (bicyclic) bond motifs is 1. The third-order valence-corrected chi connectivity index (χ3v) is 6.78. The minimum absolute atomic E-state index is 0.572. The molecule has 31 heavy (non-hydrogen) atoms. The Labute approximate surface area is 188 Å². The highest BCUT2D eigenvalue weighted by molar-refractivity contribution is 6.30. The molecule has 0 aliphatic carbocycles. The number of likely N-dealkylation sites (tertiary alicyclic amines) is 1. The maximum absolute atomic E-state index is 6.08. The summed E-state index contributed by atoms with van der Waals surface area (Å²) < 4.78 is 0. The number of hydrogen-bond acceptors (Lipinski definition) is 6. The zero-order valence-corrected chi connectivity index (χ0v) is 18.2. The SMILES string of the molecule is NNc1ncnc2c1CN(C1CCN(Cc3ccccc3-c3ccc(Cl)cc3)CC1)C2. The number of piperidine rings is 1. The number of nitrogen functional groups attached to an aromatic ring is 1. The summed E-state index contributed by atoms with van der Waals surface area (Å²) in [5, 5.41) is 0.771. The molecule has 0 spiro atoms. The summed E-state index contributed by atoms with van der Waals surface area (Å²) >= 11 is 6.08. The number of hydrazine groups is 1. The fourth-order valence-corrected chi connectivity index (χ4v) is 4.96. The maximum Gasteiger partial charge on any atom is 0.148 e. The average Bonchev–Trinajstić information content (AvgIpc) is 3.25. The van der Waals surface area contributed by atoms with Gasteiger partial charge in [-0.15, -0.1) is 0 Å². The van der Waals surface area contributed by atoms with E-state index in [0.717, 1.165) is 67.7 Å². The van der Waals surface area contributed by atoms with E-state index in [2.05, 4.69) is 61.6 Å². The van der Waals surface area contributed by atoms with E-state index < -0.39 is 0 Å². The third kappa shape index (κ3) is 4.29. The molecule has 0 atom stereocenters. The number of halogens is 1. The first-order valence-electron chi connectivity index (χ1n) is 10.8. The minimum atomic E-state index is 0.572. The Hall–Kier alpha value is -2.51. The molecule has 0 radical (unpaired) electrons. The lowest BCUT2D eigenvalue weighted by atomic mass is 9.98. The fourth-order valence-electron chi connectivity index (χ4n) is 4.84. The van der Waals surface area contributed by atoms with Crippen LogP contribution >= 0.6 is 11.6 Å². The Morgan fingerprint density at radius 1 is 1.00 bits per heavy atom. The van der Waals surface area contributed by atoms with Crippen LogP contribution in [0.1, 0.15) is 29.7 Å². The maximum atomic E-state index is 6.08. The lowest BCUT2D eigenvalue weighted by Crippen LogP contribution is -2.42. The summed E-state index contributed by atoms with van der Waals surface area (Å²) in [5.74, 6) is 6.38. The van der Waals surface area contributed by atoms with Crippen LogP contribution < -0.4 is 11.3 Å². The van der Waals surface area contributed by atoms with Crippen molar-refractivity contribution in [2.75, 3.05) is 18.5 Å². The van der Waals surface area contributed by atoms with Crippen LogP contribution in [0.25, 0.3) is 11.1 Å². The van der Waals surface area contributed by atoms with Gasteiger partial charge in [0.05, 0.1) is 5.69 Å². The minimum Gasteiger partial charge on any atom is -0.308 e. The van der Waals surface area contributed by atoms with E-state index in [1.165, 1.54) is 16.7 Å². The molecule has 5 rings (SSSR count). The molecule has 2 aromatic carbocycles. The van der Waals surface area contributed by atoms with Gasteiger partial charge in [0.15, 0.2) is 0 Å². The second-order valence-electron chi connectivity index (χ2n) is 8.37. The molecule has 7 heteroatoms. The van der Waals surface area contributed by atoms with Gasteiger partial charge >= 0.3 is 0 Å². The van der Waals surface area contributed by atoms with Gasteiger partial charge in [0.25, 0.3) is 0 Å². The molecule has 0 amide bonds. The molecular formula is C24H27ClN6. The molecule has 1 saturated heterocycles. The van der Waals surface area contributed by atoms with Gasteiger partial charge < -0.3 is 5.43 Å². The Morgan fingerprint density at radius 3 is 2.55 bits per heavy atom. The van der Waals surface area contributed by atoms with Crippen molar-refractivity contribution in [1.82, 2.24) is 19.8 Å². The number of aromatic nitrogens is 2. The first kappa shape index (κ1) is 20.4. The summed E-state index contributed by atoms with van der Waals surface area (Å²) in [5.41, 5.74) is 8.83. The molecule has 1 aromatic heterocycles. The van der Waals surface area contributed by atoms with E-state index in [0.29, 0.717) is 6.04 Å². The average molecular weight is 435 g/mol. The molecule has 3 heterocycles. The van der Waals surface area contributed by atoms with Gasteiger partial charge in [0, 0.05) is 36.3 Å². The zero-order chi connectivity index (χ0) is 21.2.